The quantitative estimate of drug-likeness (QED) is 0.537. The number of esters is 1. The maximum Gasteiger partial charge on any atom is 0.330 e. The standard InChI is InChI=1S/C14H23N3O4/c1-4-5-9-21-13(18)12(2)17(8-10-20-3)14(19)16-7-6-15-11-16/h6-7,11-12H,4-5,8-10H2,1-3H3. The fraction of sp³-hybridized carbons (Fsp3) is 0.643. The lowest BCUT2D eigenvalue weighted by Gasteiger charge is -2.27. The van der Waals surface area contributed by atoms with E-state index in [1.54, 1.807) is 14.0 Å². The molecule has 0 saturated heterocycles. The van der Waals surface area contributed by atoms with Crippen LogP contribution >= 0.6 is 0 Å². The van der Waals surface area contributed by atoms with Crippen molar-refractivity contribution in [2.75, 3.05) is 26.9 Å². The third kappa shape index (κ3) is 5.18. The number of nitrogens with zero attached hydrogens (tertiary/aromatic N) is 3. The van der Waals surface area contributed by atoms with Gasteiger partial charge in [-0.1, -0.05) is 13.3 Å². The largest absolute Gasteiger partial charge is 0.464 e. The van der Waals surface area contributed by atoms with Crippen LogP contribution in [0.5, 0.6) is 0 Å². The number of imidazole rings is 1. The molecule has 7 nitrogen and oxygen atoms in total. The molecule has 0 aliphatic heterocycles. The van der Waals surface area contributed by atoms with E-state index in [4.69, 9.17) is 9.47 Å². The average molecular weight is 297 g/mol. The van der Waals surface area contributed by atoms with Crippen LogP contribution in [0, 0.1) is 0 Å². The monoisotopic (exact) mass is 297 g/mol. The molecule has 0 spiro atoms. The van der Waals surface area contributed by atoms with Gasteiger partial charge in [-0.05, 0) is 13.3 Å². The predicted octanol–water partition coefficient (Wildman–Crippen LogP) is 1.53. The lowest BCUT2D eigenvalue weighted by Crippen LogP contribution is -2.47. The van der Waals surface area contributed by atoms with Gasteiger partial charge in [0.2, 0.25) is 0 Å². The molecule has 1 unspecified atom stereocenters. The molecule has 0 aliphatic rings. The second kappa shape index (κ2) is 9.12. The van der Waals surface area contributed by atoms with Crippen LogP contribution in [0.4, 0.5) is 4.79 Å². The van der Waals surface area contributed by atoms with Crippen LogP contribution in [0.3, 0.4) is 0 Å². The Morgan fingerprint density at radius 3 is 2.71 bits per heavy atom. The lowest BCUT2D eigenvalue weighted by atomic mass is 10.3. The summed E-state index contributed by atoms with van der Waals surface area (Å²) in [5.41, 5.74) is 0. The first-order valence-corrected chi connectivity index (χ1v) is 7.06. The number of aromatic nitrogens is 2. The molecule has 0 radical (unpaired) electrons. The fourth-order valence-corrected chi connectivity index (χ4v) is 1.73. The molecule has 1 heterocycles. The van der Waals surface area contributed by atoms with E-state index in [-0.39, 0.29) is 6.03 Å². The number of amides is 1. The first kappa shape index (κ1) is 17.2. The normalized spacial score (nSPS) is 12.0. The molecule has 0 aliphatic carbocycles. The highest BCUT2D eigenvalue weighted by molar-refractivity contribution is 5.84. The molecule has 21 heavy (non-hydrogen) atoms. The number of methoxy groups -OCH3 is 1. The van der Waals surface area contributed by atoms with Crippen LogP contribution in [-0.2, 0) is 14.3 Å². The van der Waals surface area contributed by atoms with Gasteiger partial charge in [0.05, 0.1) is 13.2 Å². The van der Waals surface area contributed by atoms with Crippen molar-refractivity contribution in [3.05, 3.63) is 18.7 Å². The summed E-state index contributed by atoms with van der Waals surface area (Å²) in [6.07, 6.45) is 6.21. The Morgan fingerprint density at radius 1 is 1.38 bits per heavy atom. The van der Waals surface area contributed by atoms with Crippen LogP contribution in [0.1, 0.15) is 26.7 Å². The highest BCUT2D eigenvalue weighted by Gasteiger charge is 2.27. The van der Waals surface area contributed by atoms with Crippen molar-refractivity contribution in [1.82, 2.24) is 14.5 Å². The van der Waals surface area contributed by atoms with Gasteiger partial charge in [-0.3, -0.25) is 4.57 Å². The summed E-state index contributed by atoms with van der Waals surface area (Å²) in [5.74, 6) is -0.409. The van der Waals surface area contributed by atoms with E-state index in [2.05, 4.69) is 4.98 Å². The van der Waals surface area contributed by atoms with Gasteiger partial charge < -0.3 is 14.4 Å². The smallest absolute Gasteiger partial charge is 0.330 e. The first-order chi connectivity index (χ1) is 10.1. The second-order valence-corrected chi connectivity index (χ2v) is 4.64. The molecule has 0 N–H and O–H groups in total. The van der Waals surface area contributed by atoms with E-state index in [9.17, 15) is 9.59 Å². The van der Waals surface area contributed by atoms with Gasteiger partial charge in [-0.2, -0.15) is 0 Å². The van der Waals surface area contributed by atoms with Gasteiger partial charge >= 0.3 is 12.0 Å². The van der Waals surface area contributed by atoms with Gasteiger partial charge in [-0.25, -0.2) is 14.6 Å². The minimum Gasteiger partial charge on any atom is -0.464 e. The second-order valence-electron chi connectivity index (χ2n) is 4.64. The number of carbonyl (C=O) groups is 2. The Hall–Kier alpha value is -1.89. The molecule has 7 heteroatoms. The van der Waals surface area contributed by atoms with Crippen molar-refractivity contribution in [1.29, 1.82) is 0 Å². The Labute approximate surface area is 124 Å². The topological polar surface area (TPSA) is 73.7 Å². The zero-order valence-electron chi connectivity index (χ0n) is 12.8. The van der Waals surface area contributed by atoms with Crippen molar-refractivity contribution in [3.8, 4) is 0 Å². The Balaban J connectivity index is 2.71. The van der Waals surface area contributed by atoms with Crippen molar-refractivity contribution in [3.63, 3.8) is 0 Å². The van der Waals surface area contributed by atoms with E-state index in [0.29, 0.717) is 19.8 Å². The van der Waals surface area contributed by atoms with Crippen LogP contribution in [-0.4, -0.2) is 59.4 Å². The molecule has 1 aromatic rings. The highest BCUT2D eigenvalue weighted by atomic mass is 16.5. The summed E-state index contributed by atoms with van der Waals surface area (Å²) in [5, 5.41) is 0. The molecule has 1 amide bonds. The number of unbranched alkanes of at least 4 members (excludes halogenated alkanes) is 1. The molecule has 118 valence electrons. The van der Waals surface area contributed by atoms with Crippen LogP contribution in [0.15, 0.2) is 18.7 Å². The molecular formula is C14H23N3O4. The van der Waals surface area contributed by atoms with Crippen molar-refractivity contribution >= 4 is 12.0 Å². The van der Waals surface area contributed by atoms with E-state index in [1.165, 1.54) is 28.2 Å². The van der Waals surface area contributed by atoms with Gasteiger partial charge in [-0.15, -0.1) is 0 Å². The predicted molar refractivity (Wildman–Crippen MR) is 76.9 cm³/mol. The van der Waals surface area contributed by atoms with Crippen LogP contribution in [0.2, 0.25) is 0 Å². The van der Waals surface area contributed by atoms with E-state index < -0.39 is 12.0 Å². The Bertz CT molecular complexity index is 433. The van der Waals surface area contributed by atoms with Crippen molar-refractivity contribution < 1.29 is 19.1 Å². The summed E-state index contributed by atoms with van der Waals surface area (Å²) >= 11 is 0. The minimum atomic E-state index is -0.674. The van der Waals surface area contributed by atoms with Gasteiger partial charge in [0.15, 0.2) is 0 Å². The Morgan fingerprint density at radius 2 is 2.14 bits per heavy atom. The van der Waals surface area contributed by atoms with Crippen molar-refractivity contribution in [2.45, 2.75) is 32.7 Å². The molecule has 1 rings (SSSR count). The molecule has 0 fully saturated rings. The van der Waals surface area contributed by atoms with Crippen LogP contribution in [0.25, 0.3) is 0 Å². The maximum absolute atomic E-state index is 12.4. The molecule has 0 aromatic carbocycles. The number of hydrogen-bond donors (Lipinski definition) is 0. The third-order valence-electron chi connectivity index (χ3n) is 3.06. The molecule has 0 saturated carbocycles. The summed E-state index contributed by atoms with van der Waals surface area (Å²) in [6.45, 7) is 4.69. The minimum absolute atomic E-state index is 0.303. The summed E-state index contributed by atoms with van der Waals surface area (Å²) in [7, 11) is 1.55. The fourth-order valence-electron chi connectivity index (χ4n) is 1.73. The number of ether oxygens (including phenoxy) is 2. The number of carbonyl (C=O) groups excluding carboxylic acids is 2. The zero-order chi connectivity index (χ0) is 15.7. The number of hydrogen-bond acceptors (Lipinski definition) is 5. The van der Waals surface area contributed by atoms with Gasteiger partial charge in [0, 0.05) is 26.0 Å². The molecule has 1 atom stereocenters. The summed E-state index contributed by atoms with van der Waals surface area (Å²) in [4.78, 5) is 29.6. The van der Waals surface area contributed by atoms with Gasteiger partial charge in [0.25, 0.3) is 0 Å². The summed E-state index contributed by atoms with van der Waals surface area (Å²) in [6, 6.07) is -1.00. The van der Waals surface area contributed by atoms with E-state index in [0.717, 1.165) is 12.8 Å². The maximum atomic E-state index is 12.4. The van der Waals surface area contributed by atoms with Gasteiger partial charge in [0.1, 0.15) is 12.4 Å². The average Bonchev–Trinajstić information content (AvgIpc) is 3.01. The van der Waals surface area contributed by atoms with Crippen molar-refractivity contribution in [2.24, 2.45) is 0 Å². The molecule has 1 aromatic heterocycles. The molecule has 0 bridgehead atoms. The summed E-state index contributed by atoms with van der Waals surface area (Å²) < 4.78 is 11.5. The number of rotatable bonds is 8. The SMILES string of the molecule is CCCCOC(=O)C(C)N(CCOC)C(=O)n1ccnc1. The Kier molecular flexibility index (Phi) is 7.45. The lowest BCUT2D eigenvalue weighted by molar-refractivity contribution is -0.148. The first-order valence-electron chi connectivity index (χ1n) is 7.06. The van der Waals surface area contributed by atoms with E-state index in [1.807, 2.05) is 6.92 Å². The highest BCUT2D eigenvalue weighted by Crippen LogP contribution is 2.06. The van der Waals surface area contributed by atoms with E-state index >= 15 is 0 Å². The zero-order valence-corrected chi connectivity index (χ0v) is 12.8. The van der Waals surface area contributed by atoms with Crippen LogP contribution < -0.4 is 0 Å². The third-order valence-corrected chi connectivity index (χ3v) is 3.06. The molecular weight excluding hydrogens is 274 g/mol.